The van der Waals surface area contributed by atoms with Crippen LogP contribution in [0.1, 0.15) is 85.9 Å². The fourth-order valence-electron chi connectivity index (χ4n) is 6.71. The van der Waals surface area contributed by atoms with E-state index in [1.54, 1.807) is 24.3 Å². The molecule has 0 radical (unpaired) electrons. The van der Waals surface area contributed by atoms with Crippen LogP contribution in [-0.2, 0) is 33.2 Å². The quantitative estimate of drug-likeness (QED) is 0.0877. The van der Waals surface area contributed by atoms with Crippen molar-refractivity contribution in [2.24, 2.45) is 0 Å². The smallest absolute Gasteiger partial charge is 0.296 e. The van der Waals surface area contributed by atoms with E-state index in [-0.39, 0.29) is 30.3 Å². The zero-order valence-electron chi connectivity index (χ0n) is 40.9. The van der Waals surface area contributed by atoms with Crippen LogP contribution >= 0.6 is 47.8 Å². The molecule has 3 unspecified atom stereocenters. The number of hydrogen-bond donors (Lipinski definition) is 4. The molecule has 2 aliphatic heterocycles. The minimum absolute atomic E-state index is 0.0836. The number of halogens is 3. The van der Waals surface area contributed by atoms with E-state index in [0.717, 1.165) is 77.4 Å². The van der Waals surface area contributed by atoms with Gasteiger partial charge in [0.25, 0.3) is 10.1 Å². The normalized spacial score (nSPS) is 17.3. The molecule has 0 bridgehead atoms. The lowest BCUT2D eigenvalue weighted by atomic mass is 10.1. The molecule has 0 amide bonds. The van der Waals surface area contributed by atoms with Gasteiger partial charge in [0.1, 0.15) is 17.2 Å². The van der Waals surface area contributed by atoms with Gasteiger partial charge in [0.2, 0.25) is 0 Å². The van der Waals surface area contributed by atoms with Crippen LogP contribution in [0.2, 0.25) is 0 Å². The number of benzene rings is 4. The Hall–Kier alpha value is -2.65. The molecule has 2 saturated heterocycles. The topological polar surface area (TPSA) is 180 Å². The second-order valence-corrected chi connectivity index (χ2v) is 21.4. The van der Waals surface area contributed by atoms with E-state index in [1.807, 2.05) is 86.6 Å². The first kappa shape index (κ1) is 60.5. The highest BCUT2D eigenvalue weighted by molar-refractivity contribution is 9.11. The van der Waals surface area contributed by atoms with Gasteiger partial charge in [-0.1, -0.05) is 65.5 Å². The number of hydrogen-bond acceptors (Lipinski definition) is 13. The van der Waals surface area contributed by atoms with Gasteiger partial charge < -0.3 is 48.8 Å². The van der Waals surface area contributed by atoms with Crippen molar-refractivity contribution in [3.8, 4) is 17.2 Å². The maximum Gasteiger partial charge on any atom is 0.296 e. The molecule has 0 spiro atoms. The van der Waals surface area contributed by atoms with Gasteiger partial charge in [-0.05, 0) is 158 Å². The molecule has 4 aromatic rings. The van der Waals surface area contributed by atoms with Crippen LogP contribution in [0.3, 0.4) is 0 Å². The molecule has 4 aromatic carbocycles. The summed E-state index contributed by atoms with van der Waals surface area (Å²) in [5.74, 6) is 1.17. The van der Waals surface area contributed by atoms with Crippen molar-refractivity contribution in [1.82, 2.24) is 0 Å². The van der Waals surface area contributed by atoms with E-state index in [1.165, 1.54) is 0 Å². The summed E-state index contributed by atoms with van der Waals surface area (Å²) < 4.78 is 65.8. The summed E-state index contributed by atoms with van der Waals surface area (Å²) in [6.45, 7) is 23.3. The summed E-state index contributed by atoms with van der Waals surface area (Å²) in [7, 11) is -2.69. The van der Waals surface area contributed by atoms with E-state index in [0.29, 0.717) is 45.0 Å². The van der Waals surface area contributed by atoms with E-state index >= 15 is 0 Å². The number of rotatable bonds is 14. The van der Waals surface area contributed by atoms with Crippen molar-refractivity contribution in [1.29, 1.82) is 0 Å². The Balaban J connectivity index is 0.000000310. The Morgan fingerprint density at radius 3 is 1.39 bits per heavy atom. The van der Waals surface area contributed by atoms with Crippen molar-refractivity contribution >= 4 is 57.9 Å². The number of ether oxygens (including phenoxy) is 6. The van der Waals surface area contributed by atoms with Gasteiger partial charge in [-0.15, -0.1) is 0 Å². The van der Waals surface area contributed by atoms with Crippen LogP contribution in [0.4, 0.5) is 0 Å². The summed E-state index contributed by atoms with van der Waals surface area (Å²) in [6.07, 6.45) is 1.07. The molecule has 6 rings (SSSR count). The summed E-state index contributed by atoms with van der Waals surface area (Å²) in [5.41, 5.74) is 7.24. The summed E-state index contributed by atoms with van der Waals surface area (Å²) in [5, 5.41) is 34.2. The third-order valence-electron chi connectivity index (χ3n) is 10.0. The maximum atomic E-state index is 12.0. The minimum atomic E-state index is -3.69. The molecule has 0 saturated carbocycles. The fourth-order valence-corrected chi connectivity index (χ4v) is 9.69. The minimum Gasteiger partial charge on any atom is -0.507 e. The van der Waals surface area contributed by atoms with Crippen LogP contribution in [0.5, 0.6) is 17.2 Å². The second-order valence-electron chi connectivity index (χ2n) is 17.0. The first-order valence-electron chi connectivity index (χ1n) is 21.9. The number of aromatic hydroxyl groups is 1. The van der Waals surface area contributed by atoms with Gasteiger partial charge in [-0.3, -0.25) is 4.18 Å². The highest BCUT2D eigenvalue weighted by Gasteiger charge is 2.33. The van der Waals surface area contributed by atoms with Crippen molar-refractivity contribution in [2.75, 3.05) is 46.8 Å². The van der Waals surface area contributed by atoms with Crippen molar-refractivity contribution in [3.63, 3.8) is 0 Å². The lowest BCUT2D eigenvalue weighted by Gasteiger charge is -2.17. The molecule has 13 nitrogen and oxygen atoms in total. The van der Waals surface area contributed by atoms with Crippen molar-refractivity contribution in [3.05, 3.63) is 113 Å². The average molecular weight is 1150 g/mol. The Morgan fingerprint density at radius 1 is 0.642 bits per heavy atom. The second kappa shape index (κ2) is 28.9. The number of phenolic OH excluding ortho intramolecular Hbond substituents is 1. The Labute approximate surface area is 424 Å². The highest BCUT2D eigenvalue weighted by atomic mass is 79.9. The van der Waals surface area contributed by atoms with Gasteiger partial charge >= 0.3 is 0 Å². The molecule has 0 aromatic heterocycles. The third-order valence-corrected chi connectivity index (χ3v) is 12.7. The van der Waals surface area contributed by atoms with Crippen molar-refractivity contribution < 1.29 is 61.4 Å². The lowest BCUT2D eigenvalue weighted by molar-refractivity contribution is -0.140. The van der Waals surface area contributed by atoms with Gasteiger partial charge in [0, 0.05) is 39.8 Å². The predicted octanol–water partition coefficient (Wildman–Crippen LogP) is 10.8. The monoisotopic (exact) mass is 1150 g/mol. The molecule has 3 atom stereocenters. The lowest BCUT2D eigenvalue weighted by Crippen LogP contribution is -2.22. The summed E-state index contributed by atoms with van der Waals surface area (Å²) >= 11 is 10.2. The third kappa shape index (κ3) is 21.9. The standard InChI is InChI=1S/C15H21BrO3.C14H20O5S.C12H17BrO3.C8H9BrO.CH4O/c1-10-7-12(16)8-11(2)14(10)17-6-5-13-9-18-15(3,4)19-13;1-11-4-6-13(7-5-11)20(15,16)18-9-8-12-10-17-14(2,3)19-12;1-8-5-10(13)6-9(2)12(8)16-4-3-11(15)7-14;1-5-3-7(9)4-6(2)8(5)10;1-2/h7-8,13H,5-6,9H2,1-4H3;4-7,12H,8-10H2,1-3H3;5-6,11,14-15H,3-4,7H2,1-2H3;3-4,10H,1-2H3;2H,1H3. The van der Waals surface area contributed by atoms with Crippen LogP contribution in [-0.4, -0.2) is 105 Å². The molecule has 4 N–H and O–H groups in total. The van der Waals surface area contributed by atoms with Crippen LogP contribution in [0.15, 0.2) is 79.0 Å². The first-order chi connectivity index (χ1) is 31.3. The zero-order chi connectivity index (χ0) is 50.7. The van der Waals surface area contributed by atoms with Gasteiger partial charge in [-0.25, -0.2) is 0 Å². The average Bonchev–Trinajstić information content (AvgIpc) is 3.78. The highest BCUT2D eigenvalue weighted by Crippen LogP contribution is 2.30. The molecule has 376 valence electrons. The van der Waals surface area contributed by atoms with Gasteiger partial charge in [-0.2, -0.15) is 8.42 Å². The number of aliphatic hydroxyl groups is 3. The molecular formula is C50H71Br3O13S. The van der Waals surface area contributed by atoms with E-state index in [9.17, 15) is 18.6 Å². The molecule has 2 fully saturated rings. The van der Waals surface area contributed by atoms with E-state index < -0.39 is 27.8 Å². The molecule has 67 heavy (non-hydrogen) atoms. The summed E-state index contributed by atoms with van der Waals surface area (Å²) in [6, 6.07) is 18.5. The number of aryl methyl sites for hydroxylation is 7. The largest absolute Gasteiger partial charge is 0.507 e. The zero-order valence-corrected chi connectivity index (χ0v) is 46.4. The Kier molecular flexibility index (Phi) is 26.1. The van der Waals surface area contributed by atoms with Gasteiger partial charge in [0.05, 0.1) is 62.8 Å². The molecule has 0 aliphatic carbocycles. The van der Waals surface area contributed by atoms with Crippen LogP contribution < -0.4 is 9.47 Å². The predicted molar refractivity (Wildman–Crippen MR) is 273 cm³/mol. The Bertz CT molecular complexity index is 2170. The molecule has 17 heteroatoms. The number of aliphatic hydroxyl groups excluding tert-OH is 3. The van der Waals surface area contributed by atoms with Crippen LogP contribution in [0, 0.1) is 48.5 Å². The molecule has 2 aliphatic rings. The number of phenols is 1. The fraction of sp³-hybridized carbons (Fsp3) is 0.520. The maximum absolute atomic E-state index is 12.0. The summed E-state index contributed by atoms with van der Waals surface area (Å²) in [4.78, 5) is 0.173. The Morgan fingerprint density at radius 2 is 1.01 bits per heavy atom. The molecular weight excluding hydrogens is 1080 g/mol. The van der Waals surface area contributed by atoms with Crippen molar-refractivity contribution in [2.45, 2.75) is 130 Å². The van der Waals surface area contributed by atoms with E-state index in [2.05, 4.69) is 73.8 Å². The van der Waals surface area contributed by atoms with Crippen LogP contribution in [0.25, 0.3) is 0 Å². The van der Waals surface area contributed by atoms with E-state index in [4.69, 9.17) is 42.8 Å². The van der Waals surface area contributed by atoms with Gasteiger partial charge in [0.15, 0.2) is 11.6 Å². The first-order valence-corrected chi connectivity index (χ1v) is 25.7. The molecule has 2 heterocycles. The SMILES string of the molecule is CO.Cc1cc(Br)cc(C)c1O.Cc1cc(Br)cc(C)c1OCCC(O)CO.Cc1cc(Br)cc(C)c1OCCC1COC(C)(C)O1.Cc1ccc(S(=O)(=O)OCCC2COC(C)(C)O2)cc1.